The Hall–Kier alpha value is -1.14. The number of aromatic nitrogens is 3. The molecule has 0 aliphatic carbocycles. The molecule has 0 aromatic carbocycles. The number of hydrogen-bond acceptors (Lipinski definition) is 4. The SMILES string of the molecule is Cc1cc(N2CCCN(CCBr)CC2)n2ncnc2c1. The second-order valence-corrected chi connectivity index (χ2v) is 6.09. The van der Waals surface area contributed by atoms with E-state index >= 15 is 0 Å². The summed E-state index contributed by atoms with van der Waals surface area (Å²) >= 11 is 3.53. The molecule has 2 aromatic heterocycles. The van der Waals surface area contributed by atoms with Crippen molar-refractivity contribution in [1.82, 2.24) is 19.5 Å². The van der Waals surface area contributed by atoms with Crippen molar-refractivity contribution < 1.29 is 0 Å². The van der Waals surface area contributed by atoms with Gasteiger partial charge in [-0.3, -0.25) is 0 Å². The van der Waals surface area contributed by atoms with E-state index in [2.05, 4.69) is 54.9 Å². The summed E-state index contributed by atoms with van der Waals surface area (Å²) in [6.07, 6.45) is 2.82. The smallest absolute Gasteiger partial charge is 0.157 e. The zero-order chi connectivity index (χ0) is 13.9. The third-order valence-corrected chi connectivity index (χ3v) is 4.17. The molecule has 0 atom stereocenters. The maximum atomic E-state index is 4.36. The van der Waals surface area contributed by atoms with Crippen LogP contribution in [0.15, 0.2) is 18.5 Å². The molecule has 1 fully saturated rings. The molecule has 0 unspecified atom stereocenters. The molecule has 20 heavy (non-hydrogen) atoms. The summed E-state index contributed by atoms with van der Waals surface area (Å²) < 4.78 is 1.95. The number of aryl methyl sites for hydroxylation is 1. The van der Waals surface area contributed by atoms with Gasteiger partial charge in [0.15, 0.2) is 5.65 Å². The van der Waals surface area contributed by atoms with Crippen molar-refractivity contribution in [2.45, 2.75) is 13.3 Å². The first-order valence-corrected chi connectivity index (χ1v) is 8.24. The summed E-state index contributed by atoms with van der Waals surface area (Å²) in [6, 6.07) is 4.29. The van der Waals surface area contributed by atoms with Crippen molar-refractivity contribution in [1.29, 1.82) is 0 Å². The maximum absolute atomic E-state index is 4.36. The van der Waals surface area contributed by atoms with Crippen LogP contribution in [0.25, 0.3) is 5.65 Å². The quantitative estimate of drug-likeness (QED) is 0.802. The van der Waals surface area contributed by atoms with Crippen LogP contribution in [0.1, 0.15) is 12.0 Å². The molecule has 1 aliphatic heterocycles. The fourth-order valence-electron chi connectivity index (χ4n) is 2.80. The highest BCUT2D eigenvalue weighted by atomic mass is 79.9. The maximum Gasteiger partial charge on any atom is 0.157 e. The second-order valence-electron chi connectivity index (χ2n) is 5.29. The van der Waals surface area contributed by atoms with Crippen LogP contribution in [0.5, 0.6) is 0 Å². The lowest BCUT2D eigenvalue weighted by molar-refractivity contribution is 0.313. The highest BCUT2D eigenvalue weighted by Crippen LogP contribution is 2.19. The third-order valence-electron chi connectivity index (χ3n) is 3.82. The predicted molar refractivity (Wildman–Crippen MR) is 84.8 cm³/mol. The number of nitrogens with zero attached hydrogens (tertiary/aromatic N) is 5. The Morgan fingerprint density at radius 3 is 2.95 bits per heavy atom. The van der Waals surface area contributed by atoms with E-state index in [1.807, 2.05) is 4.52 Å². The van der Waals surface area contributed by atoms with Crippen LogP contribution < -0.4 is 4.90 Å². The largest absolute Gasteiger partial charge is 0.355 e. The molecule has 1 aliphatic rings. The Labute approximate surface area is 127 Å². The topological polar surface area (TPSA) is 36.7 Å². The molecule has 0 N–H and O–H groups in total. The lowest BCUT2D eigenvalue weighted by atomic mass is 10.2. The van der Waals surface area contributed by atoms with Crippen LogP contribution in [0.4, 0.5) is 5.82 Å². The molecule has 3 rings (SSSR count). The summed E-state index contributed by atoms with van der Waals surface area (Å²) in [6.45, 7) is 7.65. The first-order chi connectivity index (χ1) is 9.78. The zero-order valence-corrected chi connectivity index (χ0v) is 13.4. The third kappa shape index (κ3) is 2.81. The van der Waals surface area contributed by atoms with E-state index < -0.39 is 0 Å². The van der Waals surface area contributed by atoms with Crippen molar-refractivity contribution in [2.75, 3.05) is 43.0 Å². The lowest BCUT2D eigenvalue weighted by Crippen LogP contribution is -2.32. The minimum absolute atomic E-state index is 0.932. The average Bonchev–Trinajstić information content (AvgIpc) is 2.77. The Bertz CT molecular complexity index is 582. The number of halogens is 1. The molecule has 0 amide bonds. The van der Waals surface area contributed by atoms with Crippen molar-refractivity contribution in [3.05, 3.63) is 24.0 Å². The van der Waals surface area contributed by atoms with Crippen LogP contribution in [-0.4, -0.2) is 57.6 Å². The normalized spacial score (nSPS) is 17.6. The minimum Gasteiger partial charge on any atom is -0.355 e. The fraction of sp³-hybridized carbons (Fsp3) is 0.571. The van der Waals surface area contributed by atoms with Gasteiger partial charge >= 0.3 is 0 Å². The Balaban J connectivity index is 1.85. The van der Waals surface area contributed by atoms with E-state index in [-0.39, 0.29) is 0 Å². The number of anilines is 1. The summed E-state index contributed by atoms with van der Waals surface area (Å²) in [4.78, 5) is 9.26. The van der Waals surface area contributed by atoms with Crippen LogP contribution in [-0.2, 0) is 0 Å². The van der Waals surface area contributed by atoms with E-state index in [0.29, 0.717) is 0 Å². The summed E-state index contributed by atoms with van der Waals surface area (Å²) in [7, 11) is 0. The molecule has 0 bridgehead atoms. The van der Waals surface area contributed by atoms with Gasteiger partial charge in [-0.2, -0.15) is 9.61 Å². The van der Waals surface area contributed by atoms with Gasteiger partial charge in [0.1, 0.15) is 12.1 Å². The predicted octanol–water partition coefficient (Wildman–Crippen LogP) is 1.94. The molecular weight excluding hydrogens is 318 g/mol. The minimum atomic E-state index is 0.932. The molecule has 6 heteroatoms. The Morgan fingerprint density at radius 2 is 2.10 bits per heavy atom. The molecule has 5 nitrogen and oxygen atoms in total. The van der Waals surface area contributed by atoms with Crippen molar-refractivity contribution in [3.8, 4) is 0 Å². The summed E-state index contributed by atoms with van der Waals surface area (Å²) in [5.41, 5.74) is 2.17. The van der Waals surface area contributed by atoms with E-state index in [0.717, 1.165) is 43.0 Å². The second kappa shape index (κ2) is 6.10. The van der Waals surface area contributed by atoms with Gasteiger partial charge in [0.2, 0.25) is 0 Å². The molecule has 2 aromatic rings. The number of fused-ring (bicyclic) bond motifs is 1. The zero-order valence-electron chi connectivity index (χ0n) is 11.8. The van der Waals surface area contributed by atoms with E-state index in [1.165, 1.54) is 18.5 Å². The van der Waals surface area contributed by atoms with Crippen LogP contribution in [0, 0.1) is 6.92 Å². The number of rotatable bonds is 3. The molecule has 3 heterocycles. The van der Waals surface area contributed by atoms with E-state index in [4.69, 9.17) is 0 Å². The highest BCUT2D eigenvalue weighted by Gasteiger charge is 2.17. The highest BCUT2D eigenvalue weighted by molar-refractivity contribution is 9.09. The van der Waals surface area contributed by atoms with Gasteiger partial charge < -0.3 is 9.80 Å². The number of hydrogen-bond donors (Lipinski definition) is 0. The standard InChI is InChI=1S/C14H20BrN5/c1-12-9-13-16-11-17-20(13)14(10-12)19-5-2-4-18(6-3-15)7-8-19/h9-11H,2-8H2,1H3. The van der Waals surface area contributed by atoms with Crippen molar-refractivity contribution in [2.24, 2.45) is 0 Å². The lowest BCUT2D eigenvalue weighted by Gasteiger charge is -2.24. The molecule has 0 spiro atoms. The van der Waals surface area contributed by atoms with E-state index in [9.17, 15) is 0 Å². The van der Waals surface area contributed by atoms with Gasteiger partial charge in [0, 0.05) is 31.5 Å². The first kappa shape index (κ1) is 13.8. The van der Waals surface area contributed by atoms with Crippen molar-refractivity contribution >= 4 is 27.4 Å². The molecular formula is C14H20BrN5. The molecule has 108 valence electrons. The number of pyridine rings is 1. The Kier molecular flexibility index (Phi) is 4.21. The molecule has 0 radical (unpaired) electrons. The van der Waals surface area contributed by atoms with Gasteiger partial charge in [0.05, 0.1) is 0 Å². The van der Waals surface area contributed by atoms with Gasteiger partial charge in [0.25, 0.3) is 0 Å². The van der Waals surface area contributed by atoms with Gasteiger partial charge in [-0.1, -0.05) is 15.9 Å². The van der Waals surface area contributed by atoms with E-state index in [1.54, 1.807) is 6.33 Å². The van der Waals surface area contributed by atoms with Gasteiger partial charge in [-0.15, -0.1) is 0 Å². The van der Waals surface area contributed by atoms with Gasteiger partial charge in [-0.05, 0) is 37.6 Å². The van der Waals surface area contributed by atoms with Gasteiger partial charge in [-0.25, -0.2) is 4.98 Å². The summed E-state index contributed by atoms with van der Waals surface area (Å²) in [5.74, 6) is 1.16. The van der Waals surface area contributed by atoms with Crippen LogP contribution >= 0.6 is 15.9 Å². The molecule has 1 saturated heterocycles. The van der Waals surface area contributed by atoms with Crippen LogP contribution in [0.3, 0.4) is 0 Å². The van der Waals surface area contributed by atoms with Crippen molar-refractivity contribution in [3.63, 3.8) is 0 Å². The molecule has 0 saturated carbocycles. The monoisotopic (exact) mass is 337 g/mol. The van der Waals surface area contributed by atoms with Crippen LogP contribution in [0.2, 0.25) is 0 Å². The summed E-state index contributed by atoms with van der Waals surface area (Å²) in [5, 5.41) is 5.41. The first-order valence-electron chi connectivity index (χ1n) is 7.11. The Morgan fingerprint density at radius 1 is 1.20 bits per heavy atom. The average molecular weight is 338 g/mol. The number of alkyl halides is 1. The fourth-order valence-corrected chi connectivity index (χ4v) is 3.31.